The minimum Gasteiger partial charge on any atom is -0.333 e. The summed E-state index contributed by atoms with van der Waals surface area (Å²) in [6.07, 6.45) is 1.51. The van der Waals surface area contributed by atoms with Crippen LogP contribution in [0, 0.1) is 0 Å². The second-order valence-corrected chi connectivity index (χ2v) is 5.92. The maximum atomic E-state index is 12.7. The number of piperazine rings is 1. The fourth-order valence-electron chi connectivity index (χ4n) is 2.49. The zero-order chi connectivity index (χ0) is 14.1. The van der Waals surface area contributed by atoms with E-state index in [1.54, 1.807) is 0 Å². The molecule has 106 valence electrons. The molecule has 0 bridgehead atoms. The summed E-state index contributed by atoms with van der Waals surface area (Å²) in [4.78, 5) is 17.6. The molecule has 0 spiro atoms. The van der Waals surface area contributed by atoms with Crippen LogP contribution in [0.5, 0.6) is 0 Å². The van der Waals surface area contributed by atoms with E-state index in [-0.39, 0.29) is 11.9 Å². The molecule has 3 heterocycles. The van der Waals surface area contributed by atoms with Gasteiger partial charge in [-0.3, -0.25) is 4.79 Å². The first kappa shape index (κ1) is 13.2. The highest BCUT2D eigenvalue weighted by Gasteiger charge is 2.29. The van der Waals surface area contributed by atoms with E-state index in [2.05, 4.69) is 34.4 Å². The van der Waals surface area contributed by atoms with E-state index < -0.39 is 0 Å². The Bertz CT molecular complexity index is 595. The molecule has 8 heteroatoms. The smallest absolute Gasteiger partial charge is 0.266 e. The van der Waals surface area contributed by atoms with Crippen molar-refractivity contribution >= 4 is 17.2 Å². The number of carbonyl (C=O) groups excluding carboxylic acids is 1. The quantitative estimate of drug-likeness (QED) is 0.806. The number of aromatic nitrogens is 4. The van der Waals surface area contributed by atoms with Crippen LogP contribution >= 0.6 is 11.3 Å². The molecular formula is C12H16N6OS. The first-order chi connectivity index (χ1) is 9.66. The van der Waals surface area contributed by atoms with Crippen LogP contribution in [-0.4, -0.2) is 68.6 Å². The third kappa shape index (κ3) is 2.32. The maximum Gasteiger partial charge on any atom is 0.266 e. The number of hydrogen-bond donors (Lipinski definition) is 0. The summed E-state index contributed by atoms with van der Waals surface area (Å²) in [6, 6.07) is 2.08. The normalized spacial score (nSPS) is 20.3. The second-order valence-electron chi connectivity index (χ2n) is 5.00. The number of hydrogen-bond acceptors (Lipinski definition) is 6. The lowest BCUT2D eigenvalue weighted by atomic mass is 10.2. The van der Waals surface area contributed by atoms with E-state index in [1.807, 2.05) is 16.3 Å². The van der Waals surface area contributed by atoms with Gasteiger partial charge in [0.25, 0.3) is 5.91 Å². The number of rotatable bonds is 2. The predicted octanol–water partition coefficient (Wildman–Crippen LogP) is 0.500. The van der Waals surface area contributed by atoms with Crippen molar-refractivity contribution in [1.82, 2.24) is 30.0 Å². The summed E-state index contributed by atoms with van der Waals surface area (Å²) in [7, 11) is 2.08. The van der Waals surface area contributed by atoms with Crippen LogP contribution in [-0.2, 0) is 0 Å². The van der Waals surface area contributed by atoms with Gasteiger partial charge in [-0.05, 0) is 35.8 Å². The number of tetrazole rings is 1. The van der Waals surface area contributed by atoms with Gasteiger partial charge in [-0.15, -0.1) is 16.4 Å². The average molecular weight is 292 g/mol. The van der Waals surface area contributed by atoms with E-state index in [1.165, 1.54) is 22.3 Å². The Labute approximate surface area is 120 Å². The van der Waals surface area contributed by atoms with E-state index >= 15 is 0 Å². The largest absolute Gasteiger partial charge is 0.333 e. The van der Waals surface area contributed by atoms with Crippen LogP contribution in [0.2, 0.25) is 0 Å². The molecule has 0 saturated carbocycles. The molecule has 7 nitrogen and oxygen atoms in total. The second kappa shape index (κ2) is 5.29. The summed E-state index contributed by atoms with van der Waals surface area (Å²) in [5, 5.41) is 13.0. The molecular weight excluding hydrogens is 276 g/mol. The van der Waals surface area contributed by atoms with Gasteiger partial charge in [0, 0.05) is 25.7 Å². The summed E-state index contributed by atoms with van der Waals surface area (Å²) in [5.41, 5.74) is 0.746. The zero-order valence-corrected chi connectivity index (χ0v) is 12.2. The van der Waals surface area contributed by atoms with Crippen LogP contribution in [0.1, 0.15) is 16.6 Å². The molecule has 1 fully saturated rings. The molecule has 1 aliphatic heterocycles. The summed E-state index contributed by atoms with van der Waals surface area (Å²) < 4.78 is 1.53. The highest BCUT2D eigenvalue weighted by molar-refractivity contribution is 7.12. The van der Waals surface area contributed by atoms with Gasteiger partial charge >= 0.3 is 0 Å². The van der Waals surface area contributed by atoms with Crippen LogP contribution in [0.4, 0.5) is 0 Å². The summed E-state index contributed by atoms with van der Waals surface area (Å²) >= 11 is 1.43. The SMILES string of the molecule is C[C@H]1CN(C)CCN1C(=O)c1sccc1-n1cnnn1. The van der Waals surface area contributed by atoms with Crippen LogP contribution in [0.25, 0.3) is 5.69 Å². The lowest BCUT2D eigenvalue weighted by molar-refractivity contribution is 0.0538. The van der Waals surface area contributed by atoms with E-state index in [4.69, 9.17) is 0 Å². The van der Waals surface area contributed by atoms with Gasteiger partial charge in [0.2, 0.25) is 0 Å². The van der Waals surface area contributed by atoms with Crippen molar-refractivity contribution in [2.45, 2.75) is 13.0 Å². The lowest BCUT2D eigenvalue weighted by Gasteiger charge is -2.38. The molecule has 1 aliphatic rings. The minimum absolute atomic E-state index is 0.0612. The number of nitrogens with zero attached hydrogens (tertiary/aromatic N) is 6. The summed E-state index contributed by atoms with van der Waals surface area (Å²) in [5.74, 6) is 0.0612. The fraction of sp³-hybridized carbons (Fsp3) is 0.500. The molecule has 1 atom stereocenters. The van der Waals surface area contributed by atoms with E-state index in [9.17, 15) is 4.79 Å². The molecule has 1 saturated heterocycles. The standard InChI is InChI=1S/C12H16N6OS/c1-9-7-16(2)4-5-17(9)12(19)11-10(3-6-20-11)18-8-13-14-15-18/h3,6,8-9H,4-5,7H2,1-2H3/t9-/m0/s1. The van der Waals surface area contributed by atoms with Gasteiger partial charge in [0.1, 0.15) is 11.2 Å². The number of likely N-dealkylation sites (N-methyl/N-ethyl adjacent to an activating group) is 1. The molecule has 0 N–H and O–H groups in total. The fourth-order valence-corrected chi connectivity index (χ4v) is 3.32. The number of thiophene rings is 1. The van der Waals surface area contributed by atoms with Crippen molar-refractivity contribution in [2.75, 3.05) is 26.7 Å². The maximum absolute atomic E-state index is 12.7. The van der Waals surface area contributed by atoms with Crippen LogP contribution in [0.15, 0.2) is 17.8 Å². The van der Waals surface area contributed by atoms with Gasteiger partial charge in [-0.25, -0.2) is 0 Å². The third-order valence-corrected chi connectivity index (χ3v) is 4.42. The molecule has 3 rings (SSSR count). The third-order valence-electron chi connectivity index (χ3n) is 3.53. The Morgan fingerprint density at radius 1 is 1.45 bits per heavy atom. The molecule has 0 aliphatic carbocycles. The number of carbonyl (C=O) groups is 1. The van der Waals surface area contributed by atoms with Crippen molar-refractivity contribution in [3.63, 3.8) is 0 Å². The first-order valence-electron chi connectivity index (χ1n) is 6.47. The molecule has 2 aromatic heterocycles. The van der Waals surface area contributed by atoms with E-state index in [0.29, 0.717) is 4.88 Å². The molecule has 0 aromatic carbocycles. The highest BCUT2D eigenvalue weighted by atomic mass is 32.1. The Morgan fingerprint density at radius 3 is 3.00 bits per heavy atom. The Kier molecular flexibility index (Phi) is 3.49. The summed E-state index contributed by atoms with van der Waals surface area (Å²) in [6.45, 7) is 4.64. The Hall–Kier alpha value is -1.80. The number of amides is 1. The van der Waals surface area contributed by atoms with Gasteiger partial charge in [-0.1, -0.05) is 0 Å². The van der Waals surface area contributed by atoms with Gasteiger partial charge in [-0.2, -0.15) is 4.68 Å². The first-order valence-corrected chi connectivity index (χ1v) is 7.35. The zero-order valence-electron chi connectivity index (χ0n) is 11.4. The van der Waals surface area contributed by atoms with Crippen LogP contribution in [0.3, 0.4) is 0 Å². The Balaban J connectivity index is 1.87. The van der Waals surface area contributed by atoms with Crippen molar-refractivity contribution < 1.29 is 4.79 Å². The van der Waals surface area contributed by atoms with Crippen molar-refractivity contribution in [2.24, 2.45) is 0 Å². The predicted molar refractivity (Wildman–Crippen MR) is 75.0 cm³/mol. The molecule has 0 radical (unpaired) electrons. The van der Waals surface area contributed by atoms with Gasteiger partial charge in [0.15, 0.2) is 0 Å². The monoisotopic (exact) mass is 292 g/mol. The Morgan fingerprint density at radius 2 is 2.30 bits per heavy atom. The van der Waals surface area contributed by atoms with Gasteiger partial charge < -0.3 is 9.80 Å². The molecule has 1 amide bonds. The average Bonchev–Trinajstić information content (AvgIpc) is 3.09. The van der Waals surface area contributed by atoms with E-state index in [0.717, 1.165) is 25.3 Å². The van der Waals surface area contributed by atoms with Crippen molar-refractivity contribution in [1.29, 1.82) is 0 Å². The molecule has 0 unspecified atom stereocenters. The topological polar surface area (TPSA) is 67.2 Å². The van der Waals surface area contributed by atoms with Crippen molar-refractivity contribution in [3.8, 4) is 5.69 Å². The lowest BCUT2D eigenvalue weighted by Crippen LogP contribution is -2.52. The molecule has 20 heavy (non-hydrogen) atoms. The minimum atomic E-state index is 0.0612. The van der Waals surface area contributed by atoms with Crippen molar-refractivity contribution in [3.05, 3.63) is 22.7 Å². The van der Waals surface area contributed by atoms with Crippen LogP contribution < -0.4 is 0 Å². The molecule has 2 aromatic rings. The van der Waals surface area contributed by atoms with Gasteiger partial charge in [0.05, 0.1) is 5.69 Å². The highest BCUT2D eigenvalue weighted by Crippen LogP contribution is 2.23.